The molecule has 0 saturated carbocycles. The zero-order valence-electron chi connectivity index (χ0n) is 10.3. The molecule has 17 heavy (non-hydrogen) atoms. The molecule has 0 aliphatic carbocycles. The zero-order valence-corrected chi connectivity index (χ0v) is 11.1. The number of methoxy groups -OCH3 is 1. The second-order valence-corrected chi connectivity index (χ2v) is 4.47. The standard InChI is InChI=1S/C13H17ClO3/c1-8-7-11(14)9(2)10(13(8)17-3)5-4-6-12(15)16/h7H,4-6H2,1-3H3,(H,15,16). The van der Waals surface area contributed by atoms with Gasteiger partial charge in [-0.3, -0.25) is 4.79 Å². The van der Waals surface area contributed by atoms with Gasteiger partial charge in [-0.15, -0.1) is 0 Å². The van der Waals surface area contributed by atoms with Crippen LogP contribution in [0, 0.1) is 13.8 Å². The molecule has 1 aromatic carbocycles. The van der Waals surface area contributed by atoms with Crippen LogP contribution >= 0.6 is 11.6 Å². The van der Waals surface area contributed by atoms with Gasteiger partial charge in [-0.1, -0.05) is 11.6 Å². The summed E-state index contributed by atoms with van der Waals surface area (Å²) in [7, 11) is 1.62. The number of hydrogen-bond acceptors (Lipinski definition) is 2. The third-order valence-corrected chi connectivity index (χ3v) is 3.20. The zero-order chi connectivity index (χ0) is 13.0. The topological polar surface area (TPSA) is 46.5 Å². The van der Waals surface area contributed by atoms with Gasteiger partial charge in [0.05, 0.1) is 7.11 Å². The fourth-order valence-corrected chi connectivity index (χ4v) is 2.20. The molecule has 4 heteroatoms. The first-order chi connectivity index (χ1) is 7.97. The van der Waals surface area contributed by atoms with Crippen molar-refractivity contribution in [3.63, 3.8) is 0 Å². The van der Waals surface area contributed by atoms with Gasteiger partial charge in [-0.2, -0.15) is 0 Å². The molecule has 0 aromatic heterocycles. The average molecular weight is 257 g/mol. The number of carboxylic acid groups (broad SMARTS) is 1. The number of ether oxygens (including phenoxy) is 1. The average Bonchev–Trinajstić information content (AvgIpc) is 2.24. The summed E-state index contributed by atoms with van der Waals surface area (Å²) < 4.78 is 5.36. The summed E-state index contributed by atoms with van der Waals surface area (Å²) in [5.74, 6) is 0.0395. The van der Waals surface area contributed by atoms with E-state index >= 15 is 0 Å². The lowest BCUT2D eigenvalue weighted by atomic mass is 9.98. The Morgan fingerprint density at radius 1 is 1.47 bits per heavy atom. The van der Waals surface area contributed by atoms with Crippen molar-refractivity contribution in [2.24, 2.45) is 0 Å². The number of carbonyl (C=O) groups is 1. The van der Waals surface area contributed by atoms with E-state index in [-0.39, 0.29) is 6.42 Å². The van der Waals surface area contributed by atoms with E-state index in [9.17, 15) is 4.79 Å². The molecule has 0 amide bonds. The van der Waals surface area contributed by atoms with Crippen LogP contribution in [0.5, 0.6) is 5.75 Å². The van der Waals surface area contributed by atoms with Crippen LogP contribution in [0.1, 0.15) is 29.5 Å². The van der Waals surface area contributed by atoms with Gasteiger partial charge in [0, 0.05) is 11.4 Å². The Morgan fingerprint density at radius 3 is 2.65 bits per heavy atom. The van der Waals surface area contributed by atoms with E-state index in [1.54, 1.807) is 7.11 Å². The van der Waals surface area contributed by atoms with Crippen molar-refractivity contribution in [2.45, 2.75) is 33.1 Å². The molecular formula is C13H17ClO3. The van der Waals surface area contributed by atoms with Crippen molar-refractivity contribution in [3.05, 3.63) is 27.8 Å². The maximum absolute atomic E-state index is 10.5. The first kappa shape index (κ1) is 13.8. The third kappa shape index (κ3) is 3.37. The number of halogens is 1. The summed E-state index contributed by atoms with van der Waals surface area (Å²) in [6, 6.07) is 1.87. The SMILES string of the molecule is COc1c(C)cc(Cl)c(C)c1CCCC(=O)O. The maximum atomic E-state index is 10.5. The molecule has 0 unspecified atom stereocenters. The van der Waals surface area contributed by atoms with E-state index in [1.807, 2.05) is 19.9 Å². The van der Waals surface area contributed by atoms with Crippen molar-refractivity contribution in [2.75, 3.05) is 7.11 Å². The Hall–Kier alpha value is -1.22. The summed E-state index contributed by atoms with van der Waals surface area (Å²) in [5.41, 5.74) is 2.96. The van der Waals surface area contributed by atoms with Crippen LogP contribution in [0.3, 0.4) is 0 Å². The highest BCUT2D eigenvalue weighted by molar-refractivity contribution is 6.31. The number of rotatable bonds is 5. The molecule has 1 aromatic rings. The van der Waals surface area contributed by atoms with E-state index in [2.05, 4.69) is 0 Å². The molecule has 0 spiro atoms. The summed E-state index contributed by atoms with van der Waals surface area (Å²) in [4.78, 5) is 10.5. The lowest BCUT2D eigenvalue weighted by Gasteiger charge is -2.15. The van der Waals surface area contributed by atoms with Crippen LogP contribution in [0.25, 0.3) is 0 Å². The molecule has 1 rings (SSSR count). The van der Waals surface area contributed by atoms with Crippen molar-refractivity contribution >= 4 is 17.6 Å². The number of aliphatic carboxylic acids is 1. The smallest absolute Gasteiger partial charge is 0.303 e. The fourth-order valence-electron chi connectivity index (χ4n) is 1.92. The van der Waals surface area contributed by atoms with Crippen LogP contribution < -0.4 is 4.74 Å². The molecular weight excluding hydrogens is 240 g/mol. The van der Waals surface area contributed by atoms with Gasteiger partial charge in [-0.05, 0) is 49.4 Å². The first-order valence-electron chi connectivity index (χ1n) is 5.51. The number of aryl methyl sites for hydroxylation is 1. The summed E-state index contributed by atoms with van der Waals surface area (Å²) >= 11 is 6.12. The summed E-state index contributed by atoms with van der Waals surface area (Å²) in [6.45, 7) is 3.87. The van der Waals surface area contributed by atoms with Crippen LogP contribution in [-0.2, 0) is 11.2 Å². The highest BCUT2D eigenvalue weighted by Crippen LogP contribution is 2.33. The van der Waals surface area contributed by atoms with Crippen LogP contribution in [0.15, 0.2) is 6.07 Å². The first-order valence-corrected chi connectivity index (χ1v) is 5.89. The third-order valence-electron chi connectivity index (χ3n) is 2.81. The molecule has 0 heterocycles. The van der Waals surface area contributed by atoms with E-state index < -0.39 is 5.97 Å². The van der Waals surface area contributed by atoms with Gasteiger partial charge >= 0.3 is 5.97 Å². The Kier molecular flexibility index (Phi) is 4.82. The molecule has 1 N–H and O–H groups in total. The molecule has 0 radical (unpaired) electrons. The Morgan fingerprint density at radius 2 is 2.12 bits per heavy atom. The van der Waals surface area contributed by atoms with Crippen molar-refractivity contribution in [3.8, 4) is 5.75 Å². The van der Waals surface area contributed by atoms with Crippen molar-refractivity contribution < 1.29 is 14.6 Å². The Bertz CT molecular complexity index is 427. The van der Waals surface area contributed by atoms with Gasteiger partial charge in [0.15, 0.2) is 0 Å². The molecule has 0 saturated heterocycles. The van der Waals surface area contributed by atoms with E-state index in [0.29, 0.717) is 17.9 Å². The summed E-state index contributed by atoms with van der Waals surface area (Å²) in [6.07, 6.45) is 1.42. The fraction of sp³-hybridized carbons (Fsp3) is 0.462. The van der Waals surface area contributed by atoms with Gasteiger partial charge in [-0.25, -0.2) is 0 Å². The second kappa shape index (κ2) is 5.92. The molecule has 3 nitrogen and oxygen atoms in total. The molecule has 0 aliphatic heterocycles. The molecule has 0 fully saturated rings. The minimum Gasteiger partial charge on any atom is -0.496 e. The summed E-state index contributed by atoms with van der Waals surface area (Å²) in [5, 5.41) is 9.34. The normalized spacial score (nSPS) is 10.4. The van der Waals surface area contributed by atoms with Gasteiger partial charge in [0.1, 0.15) is 5.75 Å². The number of hydrogen-bond donors (Lipinski definition) is 1. The van der Waals surface area contributed by atoms with Crippen LogP contribution in [-0.4, -0.2) is 18.2 Å². The lowest BCUT2D eigenvalue weighted by molar-refractivity contribution is -0.137. The van der Waals surface area contributed by atoms with Gasteiger partial charge < -0.3 is 9.84 Å². The lowest BCUT2D eigenvalue weighted by Crippen LogP contribution is -2.01. The number of benzene rings is 1. The maximum Gasteiger partial charge on any atom is 0.303 e. The Labute approximate surface area is 106 Å². The highest BCUT2D eigenvalue weighted by atomic mass is 35.5. The van der Waals surface area contributed by atoms with Crippen molar-refractivity contribution in [1.82, 2.24) is 0 Å². The molecule has 94 valence electrons. The molecule has 0 atom stereocenters. The predicted octanol–water partition coefficient (Wildman–Crippen LogP) is 3.37. The molecule has 0 aliphatic rings. The Balaban J connectivity index is 2.99. The van der Waals surface area contributed by atoms with Crippen LogP contribution in [0.4, 0.5) is 0 Å². The minimum atomic E-state index is -0.777. The molecule has 0 bridgehead atoms. The van der Waals surface area contributed by atoms with E-state index in [4.69, 9.17) is 21.4 Å². The monoisotopic (exact) mass is 256 g/mol. The van der Waals surface area contributed by atoms with E-state index in [0.717, 1.165) is 22.4 Å². The quantitative estimate of drug-likeness (QED) is 0.879. The second-order valence-electron chi connectivity index (χ2n) is 4.06. The largest absolute Gasteiger partial charge is 0.496 e. The minimum absolute atomic E-state index is 0.161. The number of carboxylic acids is 1. The van der Waals surface area contributed by atoms with Gasteiger partial charge in [0.2, 0.25) is 0 Å². The van der Waals surface area contributed by atoms with Crippen LogP contribution in [0.2, 0.25) is 5.02 Å². The van der Waals surface area contributed by atoms with Crippen molar-refractivity contribution in [1.29, 1.82) is 0 Å². The predicted molar refractivity (Wildman–Crippen MR) is 68.1 cm³/mol. The highest BCUT2D eigenvalue weighted by Gasteiger charge is 2.13. The van der Waals surface area contributed by atoms with E-state index in [1.165, 1.54) is 0 Å². The van der Waals surface area contributed by atoms with Gasteiger partial charge in [0.25, 0.3) is 0 Å².